The van der Waals surface area contributed by atoms with Crippen molar-refractivity contribution >= 4 is 23.3 Å². The van der Waals surface area contributed by atoms with E-state index in [9.17, 15) is 26.3 Å². The maximum atomic E-state index is 10.6. The zero-order valence-electron chi connectivity index (χ0n) is 18.4. The second-order valence-corrected chi connectivity index (χ2v) is 8.75. The minimum Gasteiger partial charge on any atom is -0.475 e. The first-order valence-electron chi connectivity index (χ1n) is 10.2. The van der Waals surface area contributed by atoms with E-state index in [1.165, 1.54) is 30.9 Å². The van der Waals surface area contributed by atoms with Crippen LogP contribution in [0, 0.1) is 5.41 Å². The maximum absolute atomic E-state index is 10.6. The van der Waals surface area contributed by atoms with E-state index in [4.69, 9.17) is 24.5 Å². The van der Waals surface area contributed by atoms with E-state index >= 15 is 0 Å². The molecule has 3 heterocycles. The van der Waals surface area contributed by atoms with Crippen molar-refractivity contribution < 1.29 is 50.9 Å². The number of halogens is 6. The number of hydrogen-bond donors (Lipinski definition) is 2. The van der Waals surface area contributed by atoms with Crippen molar-refractivity contribution in [2.24, 2.45) is 5.41 Å². The van der Waals surface area contributed by atoms with Gasteiger partial charge in [0.15, 0.2) is 0 Å². The molecule has 1 atom stereocenters. The quantitative estimate of drug-likeness (QED) is 0.582. The number of carboxylic acid groups (broad SMARTS) is 2. The molecule has 2 N–H and O–H groups in total. The van der Waals surface area contributed by atoms with Crippen LogP contribution < -0.4 is 0 Å². The number of carboxylic acids is 2. The lowest BCUT2D eigenvalue weighted by Crippen LogP contribution is -2.50. The third kappa shape index (κ3) is 11.0. The Balaban J connectivity index is 0.000000343. The number of rotatable bonds is 3. The van der Waals surface area contributed by atoms with E-state index in [2.05, 4.69) is 27.1 Å². The minimum absolute atomic E-state index is 0.335. The molecule has 1 aromatic heterocycles. The van der Waals surface area contributed by atoms with E-state index in [1.807, 2.05) is 6.20 Å². The molecule has 0 radical (unpaired) electrons. The Morgan fingerprint density at radius 3 is 2.12 bits per heavy atom. The SMILES string of the molecule is CCN1CCOCC2(CCCN(Cc3nccs3)C2)C1.O=C(O)C(F)(F)F.O=C(O)C(F)(F)F. The molecule has 0 amide bonds. The number of likely N-dealkylation sites (tertiary alicyclic amines) is 1. The topological polar surface area (TPSA) is 103 Å². The fourth-order valence-corrected chi connectivity index (χ4v) is 4.22. The van der Waals surface area contributed by atoms with E-state index in [-0.39, 0.29) is 0 Å². The average Bonchev–Trinajstić information content (AvgIpc) is 3.15. The van der Waals surface area contributed by atoms with Crippen molar-refractivity contribution in [2.45, 2.75) is 38.7 Å². The van der Waals surface area contributed by atoms with Crippen molar-refractivity contribution in [1.82, 2.24) is 14.8 Å². The first kappa shape index (κ1) is 30.1. The first-order valence-corrected chi connectivity index (χ1v) is 11.1. The van der Waals surface area contributed by atoms with Gasteiger partial charge in [0.1, 0.15) is 5.01 Å². The number of alkyl halides is 6. The molecule has 0 aromatic carbocycles. The Hall–Kier alpha value is -1.97. The van der Waals surface area contributed by atoms with Crippen LogP contribution in [0.25, 0.3) is 0 Å². The summed E-state index contributed by atoms with van der Waals surface area (Å²) in [5.74, 6) is -5.51. The second-order valence-electron chi connectivity index (χ2n) is 7.77. The summed E-state index contributed by atoms with van der Waals surface area (Å²) in [5, 5.41) is 17.6. The molecule has 8 nitrogen and oxygen atoms in total. The van der Waals surface area contributed by atoms with Crippen LogP contribution in [-0.4, -0.2) is 95.2 Å². The molecule has 196 valence electrons. The molecule has 15 heteroatoms. The zero-order chi connectivity index (χ0) is 26.0. The predicted octanol–water partition coefficient (Wildman–Crippen LogP) is 3.34. The molecule has 2 fully saturated rings. The maximum Gasteiger partial charge on any atom is 0.490 e. The van der Waals surface area contributed by atoms with Gasteiger partial charge in [0.25, 0.3) is 0 Å². The zero-order valence-corrected chi connectivity index (χ0v) is 19.2. The summed E-state index contributed by atoms with van der Waals surface area (Å²) in [6, 6.07) is 0. The van der Waals surface area contributed by atoms with Crippen LogP contribution in [0.5, 0.6) is 0 Å². The van der Waals surface area contributed by atoms with Crippen molar-refractivity contribution in [3.63, 3.8) is 0 Å². The Morgan fingerprint density at radius 2 is 1.65 bits per heavy atom. The molecule has 0 saturated carbocycles. The van der Waals surface area contributed by atoms with Gasteiger partial charge < -0.3 is 19.8 Å². The Labute approximate surface area is 196 Å². The number of ether oxygens (including phenoxy) is 1. The van der Waals surface area contributed by atoms with Crippen LogP contribution in [0.3, 0.4) is 0 Å². The highest BCUT2D eigenvalue weighted by Crippen LogP contribution is 2.33. The summed E-state index contributed by atoms with van der Waals surface area (Å²) in [6.45, 7) is 10.9. The highest BCUT2D eigenvalue weighted by atomic mass is 32.1. The van der Waals surface area contributed by atoms with E-state index in [0.29, 0.717) is 5.41 Å². The number of carbonyl (C=O) groups is 2. The number of aliphatic carboxylic acids is 2. The van der Waals surface area contributed by atoms with Gasteiger partial charge >= 0.3 is 24.3 Å². The molecule has 0 aliphatic carbocycles. The van der Waals surface area contributed by atoms with Crippen LogP contribution in [0.15, 0.2) is 11.6 Å². The van der Waals surface area contributed by atoms with Gasteiger partial charge in [-0.2, -0.15) is 26.3 Å². The number of hydrogen-bond acceptors (Lipinski definition) is 7. The van der Waals surface area contributed by atoms with Crippen LogP contribution >= 0.6 is 11.3 Å². The third-order valence-electron chi connectivity index (χ3n) is 5.03. The standard InChI is InChI=1S/C15H25N3OS.2C2HF3O2/c1-2-17-7-8-19-13-15(11-17)4-3-6-18(12-15)10-14-16-5-9-20-14;2*3-2(4,5)1(6)7/h5,9H,2-4,6-8,10-13H2,1H3;2*(H,6,7). The van der Waals surface area contributed by atoms with E-state index in [1.54, 1.807) is 11.3 Å². The normalized spacial score (nSPS) is 22.1. The lowest BCUT2D eigenvalue weighted by atomic mass is 9.80. The van der Waals surface area contributed by atoms with Gasteiger partial charge in [0.2, 0.25) is 0 Å². The van der Waals surface area contributed by atoms with Crippen LogP contribution in [-0.2, 0) is 20.9 Å². The number of nitrogens with zero attached hydrogens (tertiary/aromatic N) is 3. The summed E-state index contributed by atoms with van der Waals surface area (Å²) in [4.78, 5) is 27.4. The first-order chi connectivity index (χ1) is 15.7. The highest BCUT2D eigenvalue weighted by Gasteiger charge is 2.39. The molecular formula is C19H27F6N3O5S. The van der Waals surface area contributed by atoms with Crippen molar-refractivity contribution in [3.8, 4) is 0 Å². The average molecular weight is 523 g/mol. The predicted molar refractivity (Wildman–Crippen MR) is 109 cm³/mol. The summed E-state index contributed by atoms with van der Waals surface area (Å²) in [7, 11) is 0. The summed E-state index contributed by atoms with van der Waals surface area (Å²) >= 11 is 1.77. The summed E-state index contributed by atoms with van der Waals surface area (Å²) in [5.41, 5.74) is 0.335. The van der Waals surface area contributed by atoms with Gasteiger partial charge in [0, 0.05) is 36.6 Å². The van der Waals surface area contributed by atoms with Crippen molar-refractivity contribution in [2.75, 3.05) is 45.9 Å². The van der Waals surface area contributed by atoms with E-state index in [0.717, 1.165) is 39.4 Å². The van der Waals surface area contributed by atoms with Gasteiger partial charge in [-0.15, -0.1) is 11.3 Å². The molecule has 0 bridgehead atoms. The molecule has 3 rings (SSSR count). The third-order valence-corrected chi connectivity index (χ3v) is 5.80. The fourth-order valence-electron chi connectivity index (χ4n) is 3.57. The van der Waals surface area contributed by atoms with Crippen LogP contribution in [0.2, 0.25) is 0 Å². The molecule has 2 aliphatic rings. The van der Waals surface area contributed by atoms with Crippen molar-refractivity contribution in [1.29, 1.82) is 0 Å². The van der Waals surface area contributed by atoms with Crippen molar-refractivity contribution in [3.05, 3.63) is 16.6 Å². The van der Waals surface area contributed by atoms with E-state index < -0.39 is 24.3 Å². The number of thiazole rings is 1. The number of likely N-dealkylation sites (N-methyl/N-ethyl adjacent to an activating group) is 1. The molecule has 1 unspecified atom stereocenters. The molecule has 34 heavy (non-hydrogen) atoms. The smallest absolute Gasteiger partial charge is 0.475 e. The number of piperidine rings is 1. The number of aromatic nitrogens is 1. The lowest BCUT2D eigenvalue weighted by Gasteiger charge is -2.43. The Kier molecular flexibility index (Phi) is 11.7. The highest BCUT2D eigenvalue weighted by molar-refractivity contribution is 7.09. The summed E-state index contributed by atoms with van der Waals surface area (Å²) in [6.07, 6.45) is -5.67. The van der Waals surface area contributed by atoms with Gasteiger partial charge in [-0.1, -0.05) is 6.92 Å². The molecule has 2 saturated heterocycles. The lowest BCUT2D eigenvalue weighted by molar-refractivity contribution is -0.193. The van der Waals surface area contributed by atoms with Crippen LogP contribution in [0.4, 0.5) is 26.3 Å². The fraction of sp³-hybridized carbons (Fsp3) is 0.737. The Bertz CT molecular complexity index is 739. The van der Waals surface area contributed by atoms with Gasteiger partial charge in [-0.05, 0) is 25.9 Å². The molecule has 1 aromatic rings. The van der Waals surface area contributed by atoms with Gasteiger partial charge in [-0.3, -0.25) is 4.90 Å². The van der Waals surface area contributed by atoms with Gasteiger partial charge in [-0.25, -0.2) is 14.6 Å². The van der Waals surface area contributed by atoms with Gasteiger partial charge in [0.05, 0.1) is 19.8 Å². The van der Waals surface area contributed by atoms with Crippen LogP contribution in [0.1, 0.15) is 24.8 Å². The monoisotopic (exact) mass is 523 g/mol. The molecule has 2 aliphatic heterocycles. The largest absolute Gasteiger partial charge is 0.490 e. The second kappa shape index (κ2) is 13.2. The Morgan fingerprint density at radius 1 is 1.09 bits per heavy atom. The molecular weight excluding hydrogens is 496 g/mol. The minimum atomic E-state index is -5.08. The summed E-state index contributed by atoms with van der Waals surface area (Å²) < 4.78 is 69.4. The molecule has 1 spiro atoms.